The van der Waals surface area contributed by atoms with Gasteiger partial charge in [-0.3, -0.25) is 13.9 Å². The zero-order valence-electron chi connectivity index (χ0n) is 24.1. The molecule has 0 saturated carbocycles. The summed E-state index contributed by atoms with van der Waals surface area (Å²) in [7, 11) is -2.54. The molecule has 3 aromatic carbocycles. The van der Waals surface area contributed by atoms with Gasteiger partial charge < -0.3 is 15.0 Å². The van der Waals surface area contributed by atoms with Crippen molar-refractivity contribution < 1.29 is 22.7 Å². The molecule has 0 aliphatic carbocycles. The highest BCUT2D eigenvalue weighted by Crippen LogP contribution is 2.33. The van der Waals surface area contributed by atoms with E-state index in [1.807, 2.05) is 75.4 Å². The van der Waals surface area contributed by atoms with Crippen molar-refractivity contribution in [1.29, 1.82) is 0 Å². The van der Waals surface area contributed by atoms with Crippen molar-refractivity contribution in [2.75, 3.05) is 30.8 Å². The monoisotopic (exact) mass is 599 g/mol. The first kappa shape index (κ1) is 32.0. The molecule has 220 valence electrons. The Balaban J connectivity index is 2.09. The van der Waals surface area contributed by atoms with Crippen LogP contribution < -0.4 is 14.4 Å². The van der Waals surface area contributed by atoms with E-state index in [1.54, 1.807) is 12.1 Å². The average molecular weight is 600 g/mol. The quantitative estimate of drug-likeness (QED) is 0.303. The highest BCUT2D eigenvalue weighted by atomic mass is 35.5. The number of carbonyl (C=O) groups is 2. The van der Waals surface area contributed by atoms with Gasteiger partial charge >= 0.3 is 0 Å². The van der Waals surface area contributed by atoms with E-state index in [0.717, 1.165) is 27.3 Å². The molecular formula is C31H38ClN3O5S. The van der Waals surface area contributed by atoms with Crippen LogP contribution in [0.4, 0.5) is 5.69 Å². The smallest absolute Gasteiger partial charge is 0.244 e. The fourth-order valence-electron chi connectivity index (χ4n) is 4.44. The normalized spacial score (nSPS) is 12.1. The number of halogens is 1. The molecule has 0 unspecified atom stereocenters. The molecule has 0 saturated heterocycles. The zero-order chi connectivity index (χ0) is 30.2. The van der Waals surface area contributed by atoms with Crippen molar-refractivity contribution in [1.82, 2.24) is 10.2 Å². The molecule has 0 fully saturated rings. The first-order chi connectivity index (χ1) is 19.4. The summed E-state index contributed by atoms with van der Waals surface area (Å²) >= 11 is 6.21. The Labute approximate surface area is 248 Å². The summed E-state index contributed by atoms with van der Waals surface area (Å²) in [5.41, 5.74) is 2.82. The highest BCUT2D eigenvalue weighted by Gasteiger charge is 2.33. The maximum absolute atomic E-state index is 14.2. The summed E-state index contributed by atoms with van der Waals surface area (Å²) in [4.78, 5) is 29.3. The highest BCUT2D eigenvalue weighted by molar-refractivity contribution is 7.92. The number of sulfonamides is 1. The van der Waals surface area contributed by atoms with Crippen molar-refractivity contribution in [2.45, 2.75) is 39.8 Å². The molecule has 0 aromatic heterocycles. The van der Waals surface area contributed by atoms with E-state index in [4.69, 9.17) is 16.3 Å². The maximum atomic E-state index is 14.2. The predicted molar refractivity (Wildman–Crippen MR) is 164 cm³/mol. The number of carbonyl (C=O) groups excluding carboxylic acids is 2. The Hall–Kier alpha value is -3.56. The number of benzene rings is 3. The van der Waals surface area contributed by atoms with E-state index < -0.39 is 28.5 Å². The second-order valence-corrected chi connectivity index (χ2v) is 12.8. The number of nitrogens with zero attached hydrogens (tertiary/aromatic N) is 2. The summed E-state index contributed by atoms with van der Waals surface area (Å²) < 4.78 is 32.4. The van der Waals surface area contributed by atoms with Crippen LogP contribution >= 0.6 is 11.6 Å². The minimum absolute atomic E-state index is 0.109. The van der Waals surface area contributed by atoms with E-state index in [1.165, 1.54) is 18.1 Å². The lowest BCUT2D eigenvalue weighted by Crippen LogP contribution is -2.53. The summed E-state index contributed by atoms with van der Waals surface area (Å²) in [6.45, 7) is 5.92. The Bertz CT molecular complexity index is 1450. The van der Waals surface area contributed by atoms with E-state index in [0.29, 0.717) is 6.54 Å². The molecule has 0 spiro atoms. The molecule has 3 aromatic rings. The van der Waals surface area contributed by atoms with Crippen LogP contribution in [0.15, 0.2) is 72.8 Å². The van der Waals surface area contributed by atoms with Crippen molar-refractivity contribution in [3.8, 4) is 5.75 Å². The fourth-order valence-corrected chi connectivity index (χ4v) is 5.45. The first-order valence-electron chi connectivity index (χ1n) is 13.4. The predicted octanol–water partition coefficient (Wildman–Crippen LogP) is 4.84. The zero-order valence-corrected chi connectivity index (χ0v) is 25.7. The van der Waals surface area contributed by atoms with E-state index >= 15 is 0 Å². The molecule has 41 heavy (non-hydrogen) atoms. The summed E-state index contributed by atoms with van der Waals surface area (Å²) in [6, 6.07) is 20.8. The molecule has 10 heteroatoms. The van der Waals surface area contributed by atoms with Crippen LogP contribution in [-0.2, 0) is 32.6 Å². The Morgan fingerprint density at radius 1 is 0.976 bits per heavy atom. The molecular weight excluding hydrogens is 562 g/mol. The second-order valence-electron chi connectivity index (χ2n) is 10.4. The second kappa shape index (κ2) is 14.4. The number of methoxy groups -OCH3 is 1. The summed E-state index contributed by atoms with van der Waals surface area (Å²) in [6.07, 6.45) is 1.27. The number of amides is 2. The standard InChI is InChI=1S/C31H38ClN3O5S/c1-22(2)19-33-31(37)28(17-24-11-7-6-8-12-24)34(20-25-13-9-10-23(3)16-25)30(36)21-35(41(5,38)39)27-18-26(32)14-15-29(27)40-4/h6-16,18,22,28H,17,19-21H2,1-5H3,(H,33,37)/t28-/m1/s1. The molecule has 1 atom stereocenters. The molecule has 1 N–H and O–H groups in total. The van der Waals surface area contributed by atoms with Crippen LogP contribution in [0, 0.1) is 12.8 Å². The van der Waals surface area contributed by atoms with Crippen LogP contribution in [0.2, 0.25) is 5.02 Å². The molecule has 0 aliphatic heterocycles. The van der Waals surface area contributed by atoms with Gasteiger partial charge in [-0.25, -0.2) is 8.42 Å². The van der Waals surface area contributed by atoms with Crippen LogP contribution in [0.1, 0.15) is 30.5 Å². The van der Waals surface area contributed by atoms with Crippen molar-refractivity contribution >= 4 is 39.1 Å². The Kier molecular flexibility index (Phi) is 11.2. The van der Waals surface area contributed by atoms with Gasteiger partial charge in [-0.05, 0) is 42.2 Å². The van der Waals surface area contributed by atoms with Crippen molar-refractivity contribution in [2.24, 2.45) is 5.92 Å². The van der Waals surface area contributed by atoms with E-state index in [-0.39, 0.29) is 41.3 Å². The molecule has 0 heterocycles. The van der Waals surface area contributed by atoms with Crippen LogP contribution in [0.5, 0.6) is 5.75 Å². The van der Waals surface area contributed by atoms with Crippen molar-refractivity contribution in [3.63, 3.8) is 0 Å². The minimum Gasteiger partial charge on any atom is -0.495 e. The van der Waals surface area contributed by atoms with Gasteiger partial charge in [0.1, 0.15) is 18.3 Å². The molecule has 8 nitrogen and oxygen atoms in total. The van der Waals surface area contributed by atoms with Gasteiger partial charge in [0.25, 0.3) is 0 Å². The fraction of sp³-hybridized carbons (Fsp3) is 0.355. The Morgan fingerprint density at radius 3 is 2.27 bits per heavy atom. The van der Waals surface area contributed by atoms with Crippen molar-refractivity contribution in [3.05, 3.63) is 94.5 Å². The first-order valence-corrected chi connectivity index (χ1v) is 15.6. The van der Waals surface area contributed by atoms with Gasteiger partial charge in [-0.1, -0.05) is 85.6 Å². The van der Waals surface area contributed by atoms with Crippen LogP contribution in [-0.4, -0.2) is 57.6 Å². The molecule has 3 rings (SSSR count). The van der Waals surface area contributed by atoms with Crippen LogP contribution in [0.25, 0.3) is 0 Å². The van der Waals surface area contributed by atoms with Gasteiger partial charge in [0.15, 0.2) is 0 Å². The largest absolute Gasteiger partial charge is 0.495 e. The van der Waals surface area contributed by atoms with Gasteiger partial charge in [0.05, 0.1) is 19.1 Å². The molecule has 2 amide bonds. The van der Waals surface area contributed by atoms with Gasteiger partial charge in [-0.2, -0.15) is 0 Å². The van der Waals surface area contributed by atoms with E-state index in [2.05, 4.69) is 5.32 Å². The number of aryl methyl sites for hydroxylation is 1. The van der Waals surface area contributed by atoms with Gasteiger partial charge in [-0.15, -0.1) is 0 Å². The topological polar surface area (TPSA) is 96.0 Å². The van der Waals surface area contributed by atoms with Crippen LogP contribution in [0.3, 0.4) is 0 Å². The number of nitrogens with one attached hydrogen (secondary N) is 1. The summed E-state index contributed by atoms with van der Waals surface area (Å²) in [5, 5.41) is 3.26. The average Bonchev–Trinajstić information content (AvgIpc) is 2.92. The van der Waals surface area contributed by atoms with Gasteiger partial charge in [0, 0.05) is 24.5 Å². The minimum atomic E-state index is -3.96. The maximum Gasteiger partial charge on any atom is 0.244 e. The lowest BCUT2D eigenvalue weighted by atomic mass is 10.0. The third-order valence-electron chi connectivity index (χ3n) is 6.48. The Morgan fingerprint density at radius 2 is 1.66 bits per heavy atom. The molecule has 0 aliphatic rings. The number of anilines is 1. The number of ether oxygens (including phenoxy) is 1. The van der Waals surface area contributed by atoms with E-state index in [9.17, 15) is 18.0 Å². The number of hydrogen-bond acceptors (Lipinski definition) is 5. The SMILES string of the molecule is COc1ccc(Cl)cc1N(CC(=O)N(Cc1cccc(C)c1)[C@H](Cc1ccccc1)C(=O)NCC(C)C)S(C)(=O)=O. The molecule has 0 bridgehead atoms. The lowest BCUT2D eigenvalue weighted by molar-refractivity contribution is -0.140. The lowest BCUT2D eigenvalue weighted by Gasteiger charge is -2.34. The van der Waals surface area contributed by atoms with Gasteiger partial charge in [0.2, 0.25) is 21.8 Å². The third-order valence-corrected chi connectivity index (χ3v) is 7.84. The summed E-state index contributed by atoms with van der Waals surface area (Å²) in [5.74, 6) is -0.406. The third kappa shape index (κ3) is 9.23. The molecule has 0 radical (unpaired) electrons. The number of hydrogen-bond donors (Lipinski definition) is 1. The number of rotatable bonds is 13.